The van der Waals surface area contributed by atoms with Crippen LogP contribution >= 0.6 is 0 Å². The minimum atomic E-state index is -0.105. The molecule has 114 valence electrons. The molecule has 1 amide bonds. The predicted octanol–water partition coefficient (Wildman–Crippen LogP) is 3.83. The summed E-state index contributed by atoms with van der Waals surface area (Å²) in [5.41, 5.74) is 4.21. The van der Waals surface area contributed by atoms with Gasteiger partial charge >= 0.3 is 0 Å². The van der Waals surface area contributed by atoms with Gasteiger partial charge in [-0.25, -0.2) is 0 Å². The molecule has 0 fully saturated rings. The second kappa shape index (κ2) is 5.16. The largest absolute Gasteiger partial charge is 0.497 e. The first-order chi connectivity index (χ1) is 10.4. The zero-order valence-corrected chi connectivity index (χ0v) is 13.4. The molecule has 3 nitrogen and oxygen atoms in total. The fourth-order valence-corrected chi connectivity index (χ4v) is 2.84. The molecule has 2 aromatic carbocycles. The Labute approximate surface area is 131 Å². The molecular formula is C19H21NO2. The smallest absolute Gasteiger partial charge is 0.252 e. The van der Waals surface area contributed by atoms with Crippen molar-refractivity contribution < 1.29 is 9.53 Å². The third kappa shape index (κ3) is 2.47. The first-order valence-electron chi connectivity index (χ1n) is 7.49. The molecule has 0 bridgehead atoms. The van der Waals surface area contributed by atoms with Crippen LogP contribution in [0.2, 0.25) is 0 Å². The first kappa shape index (κ1) is 14.6. The van der Waals surface area contributed by atoms with Crippen molar-refractivity contribution >= 4 is 5.91 Å². The van der Waals surface area contributed by atoms with E-state index in [1.807, 2.05) is 18.2 Å². The molecule has 22 heavy (non-hydrogen) atoms. The summed E-state index contributed by atoms with van der Waals surface area (Å²) in [4.78, 5) is 12.1. The second-order valence-corrected chi connectivity index (χ2v) is 6.73. The third-order valence-corrected chi connectivity index (χ3v) is 4.20. The molecule has 0 spiro atoms. The van der Waals surface area contributed by atoms with Gasteiger partial charge in [0.25, 0.3) is 5.91 Å². The molecule has 0 aromatic heterocycles. The molecule has 1 aliphatic heterocycles. The molecule has 0 saturated carbocycles. The highest BCUT2D eigenvalue weighted by Crippen LogP contribution is 2.34. The van der Waals surface area contributed by atoms with E-state index in [4.69, 9.17) is 4.74 Å². The van der Waals surface area contributed by atoms with Crippen molar-refractivity contribution in [2.75, 3.05) is 7.11 Å². The Morgan fingerprint density at radius 1 is 1.05 bits per heavy atom. The predicted molar refractivity (Wildman–Crippen MR) is 87.4 cm³/mol. The number of rotatable bonds is 2. The van der Waals surface area contributed by atoms with Gasteiger partial charge in [0.05, 0.1) is 13.2 Å². The van der Waals surface area contributed by atoms with Crippen molar-refractivity contribution in [1.82, 2.24) is 5.32 Å². The molecule has 0 unspecified atom stereocenters. The van der Waals surface area contributed by atoms with Crippen LogP contribution < -0.4 is 10.1 Å². The maximum Gasteiger partial charge on any atom is 0.252 e. The van der Waals surface area contributed by atoms with E-state index < -0.39 is 0 Å². The summed E-state index contributed by atoms with van der Waals surface area (Å²) in [6.07, 6.45) is 0. The van der Waals surface area contributed by atoms with E-state index in [0.29, 0.717) is 0 Å². The Morgan fingerprint density at radius 2 is 1.73 bits per heavy atom. The van der Waals surface area contributed by atoms with Crippen LogP contribution in [0.15, 0.2) is 42.5 Å². The minimum absolute atomic E-state index is 0.0254. The second-order valence-electron chi connectivity index (χ2n) is 6.73. The zero-order chi connectivity index (χ0) is 15.9. The lowest BCUT2D eigenvalue weighted by Gasteiger charge is -2.20. The molecule has 0 aliphatic carbocycles. The van der Waals surface area contributed by atoms with Gasteiger partial charge in [-0.2, -0.15) is 0 Å². The van der Waals surface area contributed by atoms with Crippen LogP contribution in [-0.4, -0.2) is 13.0 Å². The van der Waals surface area contributed by atoms with E-state index in [9.17, 15) is 4.79 Å². The van der Waals surface area contributed by atoms with Crippen molar-refractivity contribution in [3.63, 3.8) is 0 Å². The van der Waals surface area contributed by atoms with Crippen molar-refractivity contribution in [2.45, 2.75) is 32.2 Å². The average Bonchev–Trinajstić information content (AvgIpc) is 2.83. The molecule has 0 saturated heterocycles. The Balaban J connectivity index is 1.99. The van der Waals surface area contributed by atoms with Crippen LogP contribution in [0, 0.1) is 0 Å². The fraction of sp³-hybridized carbons (Fsp3) is 0.316. The molecule has 1 heterocycles. The van der Waals surface area contributed by atoms with Gasteiger partial charge in [0, 0.05) is 5.56 Å². The number of nitrogens with one attached hydrogen (secondary N) is 1. The first-order valence-corrected chi connectivity index (χ1v) is 7.49. The van der Waals surface area contributed by atoms with Crippen LogP contribution in [0.5, 0.6) is 5.75 Å². The summed E-state index contributed by atoms with van der Waals surface area (Å²) >= 11 is 0. The number of hydrogen-bond donors (Lipinski definition) is 1. The number of methoxy groups -OCH3 is 1. The SMILES string of the molecule is COc1ccc2c(c1)[C@@H](c1ccc(C(C)(C)C)cc1)NC2=O. The van der Waals surface area contributed by atoms with Gasteiger partial charge in [-0.1, -0.05) is 45.0 Å². The Morgan fingerprint density at radius 3 is 2.32 bits per heavy atom. The summed E-state index contributed by atoms with van der Waals surface area (Å²) in [5, 5.41) is 3.05. The number of carbonyl (C=O) groups is 1. The lowest BCUT2D eigenvalue weighted by atomic mass is 9.86. The topological polar surface area (TPSA) is 38.3 Å². The molecule has 1 atom stereocenters. The van der Waals surface area contributed by atoms with Crippen molar-refractivity contribution in [2.24, 2.45) is 0 Å². The molecule has 0 radical (unpaired) electrons. The van der Waals surface area contributed by atoms with E-state index in [1.165, 1.54) is 5.56 Å². The quantitative estimate of drug-likeness (QED) is 0.914. The highest BCUT2D eigenvalue weighted by molar-refractivity contribution is 5.99. The minimum Gasteiger partial charge on any atom is -0.497 e. The lowest BCUT2D eigenvalue weighted by Crippen LogP contribution is -2.20. The van der Waals surface area contributed by atoms with Gasteiger partial charge in [-0.15, -0.1) is 0 Å². The lowest BCUT2D eigenvalue weighted by molar-refractivity contribution is 0.0960. The summed E-state index contributed by atoms with van der Waals surface area (Å²) in [6.45, 7) is 6.58. The Hall–Kier alpha value is -2.29. The molecule has 3 heteroatoms. The molecule has 1 aliphatic rings. The number of carbonyl (C=O) groups excluding carboxylic acids is 1. The number of hydrogen-bond acceptors (Lipinski definition) is 2. The highest BCUT2D eigenvalue weighted by Gasteiger charge is 2.30. The van der Waals surface area contributed by atoms with E-state index in [0.717, 1.165) is 22.4 Å². The van der Waals surface area contributed by atoms with Gasteiger partial charge in [0.15, 0.2) is 0 Å². The number of benzene rings is 2. The van der Waals surface area contributed by atoms with Crippen LogP contribution in [0.3, 0.4) is 0 Å². The number of ether oxygens (including phenoxy) is 1. The van der Waals surface area contributed by atoms with Crippen LogP contribution in [0.1, 0.15) is 53.9 Å². The van der Waals surface area contributed by atoms with Gasteiger partial charge < -0.3 is 10.1 Å². The van der Waals surface area contributed by atoms with Crippen molar-refractivity contribution in [3.8, 4) is 5.75 Å². The van der Waals surface area contributed by atoms with Gasteiger partial charge in [0.2, 0.25) is 0 Å². The Bertz CT molecular complexity index is 711. The number of fused-ring (bicyclic) bond motifs is 1. The van der Waals surface area contributed by atoms with E-state index in [2.05, 4.69) is 50.4 Å². The van der Waals surface area contributed by atoms with Crippen LogP contribution in [-0.2, 0) is 5.41 Å². The third-order valence-electron chi connectivity index (χ3n) is 4.20. The van der Waals surface area contributed by atoms with Crippen molar-refractivity contribution in [1.29, 1.82) is 0 Å². The van der Waals surface area contributed by atoms with Crippen molar-refractivity contribution in [3.05, 3.63) is 64.7 Å². The highest BCUT2D eigenvalue weighted by atomic mass is 16.5. The van der Waals surface area contributed by atoms with E-state index >= 15 is 0 Å². The zero-order valence-electron chi connectivity index (χ0n) is 13.4. The molecule has 3 rings (SSSR count). The van der Waals surface area contributed by atoms with Gasteiger partial charge in [-0.05, 0) is 40.3 Å². The summed E-state index contributed by atoms with van der Waals surface area (Å²) in [6, 6.07) is 14.0. The summed E-state index contributed by atoms with van der Waals surface area (Å²) in [7, 11) is 1.64. The van der Waals surface area contributed by atoms with Crippen LogP contribution in [0.25, 0.3) is 0 Å². The Kier molecular flexibility index (Phi) is 3.44. The van der Waals surface area contributed by atoms with E-state index in [1.54, 1.807) is 7.11 Å². The van der Waals surface area contributed by atoms with Crippen LogP contribution in [0.4, 0.5) is 0 Å². The number of amides is 1. The normalized spacial score (nSPS) is 17.1. The maximum absolute atomic E-state index is 12.1. The van der Waals surface area contributed by atoms with Gasteiger partial charge in [0.1, 0.15) is 5.75 Å². The fourth-order valence-electron chi connectivity index (χ4n) is 2.84. The standard InChI is InChI=1S/C19H21NO2/c1-19(2,3)13-7-5-12(6-8-13)17-16-11-14(22-4)9-10-15(16)18(21)20-17/h5-11,17H,1-4H3,(H,20,21)/t17-/m1/s1. The summed E-state index contributed by atoms with van der Waals surface area (Å²) < 4.78 is 5.28. The van der Waals surface area contributed by atoms with E-state index in [-0.39, 0.29) is 17.4 Å². The van der Waals surface area contributed by atoms with Gasteiger partial charge in [-0.3, -0.25) is 4.79 Å². The molecule has 1 N–H and O–H groups in total. The monoisotopic (exact) mass is 295 g/mol. The molecular weight excluding hydrogens is 274 g/mol. The molecule has 2 aromatic rings. The average molecular weight is 295 g/mol. The summed E-state index contributed by atoms with van der Waals surface area (Å²) in [5.74, 6) is 0.745. The maximum atomic E-state index is 12.1.